The average molecular weight is 264 g/mol. The molecule has 5 nitrogen and oxygen atoms in total. The molecule has 0 saturated heterocycles. The zero-order chi connectivity index (χ0) is 13.6. The van der Waals surface area contributed by atoms with Crippen molar-refractivity contribution in [3.8, 4) is 0 Å². The Morgan fingerprint density at radius 2 is 1.78 bits per heavy atom. The highest BCUT2D eigenvalue weighted by molar-refractivity contribution is 7.85. The molecule has 0 spiro atoms. The second-order valence-electron chi connectivity index (χ2n) is 3.79. The van der Waals surface area contributed by atoms with Crippen LogP contribution in [-0.2, 0) is 16.5 Å². The SMILES string of the molecule is [C-]#[N+]c1ccc(CCCCS(=O)(=O)O)cc1[N+]#[C-]. The summed E-state index contributed by atoms with van der Waals surface area (Å²) in [5.74, 6) is -0.247. The fraction of sp³-hybridized carbons (Fsp3) is 0.333. The highest BCUT2D eigenvalue weighted by atomic mass is 32.2. The Kier molecular flexibility index (Phi) is 4.85. The molecular formula is C12H12N2O3S. The summed E-state index contributed by atoms with van der Waals surface area (Å²) in [7, 11) is -3.89. The number of hydrogen-bond acceptors (Lipinski definition) is 2. The molecule has 0 unspecified atom stereocenters. The fourth-order valence-electron chi connectivity index (χ4n) is 1.52. The van der Waals surface area contributed by atoms with E-state index in [9.17, 15) is 8.42 Å². The van der Waals surface area contributed by atoms with Gasteiger partial charge in [0.2, 0.25) is 0 Å². The van der Waals surface area contributed by atoms with Gasteiger partial charge in [0.25, 0.3) is 10.1 Å². The first-order chi connectivity index (χ1) is 8.46. The monoisotopic (exact) mass is 264 g/mol. The van der Waals surface area contributed by atoms with Crippen LogP contribution in [0.4, 0.5) is 11.4 Å². The van der Waals surface area contributed by atoms with Crippen molar-refractivity contribution in [3.63, 3.8) is 0 Å². The molecule has 0 bridgehead atoms. The molecule has 0 atom stereocenters. The van der Waals surface area contributed by atoms with Gasteiger partial charge in [-0.25, -0.2) is 0 Å². The number of hydrogen-bond donors (Lipinski definition) is 1. The normalized spacial score (nSPS) is 10.6. The van der Waals surface area contributed by atoms with Crippen molar-refractivity contribution in [2.24, 2.45) is 0 Å². The summed E-state index contributed by atoms with van der Waals surface area (Å²) in [5.41, 5.74) is 1.53. The number of rotatable bonds is 5. The summed E-state index contributed by atoms with van der Waals surface area (Å²) in [5, 5.41) is 0. The first-order valence-electron chi connectivity index (χ1n) is 5.29. The van der Waals surface area contributed by atoms with Crippen molar-refractivity contribution < 1.29 is 13.0 Å². The summed E-state index contributed by atoms with van der Waals surface area (Å²) in [6.07, 6.45) is 1.60. The van der Waals surface area contributed by atoms with E-state index in [1.54, 1.807) is 18.2 Å². The fourth-order valence-corrected chi connectivity index (χ4v) is 2.09. The topological polar surface area (TPSA) is 63.1 Å². The molecule has 18 heavy (non-hydrogen) atoms. The van der Waals surface area contributed by atoms with Gasteiger partial charge >= 0.3 is 0 Å². The highest BCUT2D eigenvalue weighted by Crippen LogP contribution is 2.29. The molecule has 0 radical (unpaired) electrons. The molecule has 0 fully saturated rings. The molecule has 0 aliphatic rings. The number of benzene rings is 1. The Hall–Kier alpha value is -1.89. The van der Waals surface area contributed by atoms with Crippen LogP contribution in [0.15, 0.2) is 18.2 Å². The minimum atomic E-state index is -3.89. The van der Waals surface area contributed by atoms with Gasteiger partial charge in [-0.3, -0.25) is 14.2 Å². The first kappa shape index (κ1) is 14.2. The predicted octanol–water partition coefficient (Wildman–Crippen LogP) is 3.00. The first-order valence-corrected chi connectivity index (χ1v) is 6.90. The number of nitrogens with zero attached hydrogens (tertiary/aromatic N) is 2. The van der Waals surface area contributed by atoms with Crippen molar-refractivity contribution in [3.05, 3.63) is 46.6 Å². The molecule has 1 aromatic carbocycles. The molecule has 1 N–H and O–H groups in total. The summed E-state index contributed by atoms with van der Waals surface area (Å²) >= 11 is 0. The zero-order valence-electron chi connectivity index (χ0n) is 9.63. The molecule has 0 aromatic heterocycles. The number of unbranched alkanes of at least 4 members (excludes halogenated alkanes) is 1. The van der Waals surface area contributed by atoms with Gasteiger partial charge in [0.1, 0.15) is 0 Å². The van der Waals surface area contributed by atoms with Crippen molar-refractivity contribution in [2.45, 2.75) is 19.3 Å². The average Bonchev–Trinajstić information content (AvgIpc) is 2.33. The van der Waals surface area contributed by atoms with E-state index in [2.05, 4.69) is 9.69 Å². The van der Waals surface area contributed by atoms with Crippen molar-refractivity contribution in [2.75, 3.05) is 5.75 Å². The molecular weight excluding hydrogens is 252 g/mol. The lowest BCUT2D eigenvalue weighted by Gasteiger charge is -2.03. The summed E-state index contributed by atoms with van der Waals surface area (Å²) in [4.78, 5) is 6.50. The van der Waals surface area contributed by atoms with Gasteiger partial charge < -0.3 is 0 Å². The molecule has 1 rings (SSSR count). The maximum absolute atomic E-state index is 10.5. The summed E-state index contributed by atoms with van der Waals surface area (Å²) in [6.45, 7) is 13.8. The van der Waals surface area contributed by atoms with E-state index in [0.29, 0.717) is 30.6 Å². The van der Waals surface area contributed by atoms with E-state index >= 15 is 0 Å². The van der Waals surface area contributed by atoms with Gasteiger partial charge in [0, 0.05) is 0 Å². The lowest BCUT2D eigenvalue weighted by atomic mass is 10.1. The smallest absolute Gasteiger partial charge is 0.264 e. The second kappa shape index (κ2) is 6.15. The van der Waals surface area contributed by atoms with Crippen LogP contribution in [0.1, 0.15) is 18.4 Å². The van der Waals surface area contributed by atoms with E-state index in [1.807, 2.05) is 0 Å². The molecule has 0 saturated carbocycles. The van der Waals surface area contributed by atoms with Gasteiger partial charge in [0.05, 0.1) is 18.9 Å². The van der Waals surface area contributed by atoms with E-state index < -0.39 is 10.1 Å². The van der Waals surface area contributed by atoms with E-state index in [4.69, 9.17) is 17.7 Å². The largest absolute Gasteiger partial charge is 0.286 e. The molecule has 0 amide bonds. The van der Waals surface area contributed by atoms with Crippen molar-refractivity contribution in [1.82, 2.24) is 0 Å². The van der Waals surface area contributed by atoms with Crippen LogP contribution in [0.5, 0.6) is 0 Å². The van der Waals surface area contributed by atoms with Crippen LogP contribution in [0, 0.1) is 13.1 Å². The van der Waals surface area contributed by atoms with Crippen molar-refractivity contribution in [1.29, 1.82) is 0 Å². The minimum Gasteiger partial charge on any atom is -0.286 e. The van der Waals surface area contributed by atoms with Crippen molar-refractivity contribution >= 4 is 21.5 Å². The van der Waals surface area contributed by atoms with Crippen LogP contribution in [0.2, 0.25) is 0 Å². The standard InChI is InChI=1S/C12H12N2O3S/c1-13-11-7-6-10(9-12(11)14-2)5-3-4-8-18(15,16)17/h6-7,9H,3-5,8H2,(H,15,16,17). The van der Waals surface area contributed by atoms with Crippen LogP contribution < -0.4 is 0 Å². The van der Waals surface area contributed by atoms with Crippen LogP contribution in [0.25, 0.3) is 9.69 Å². The molecule has 0 heterocycles. The van der Waals surface area contributed by atoms with Gasteiger partial charge in [-0.1, -0.05) is 23.8 Å². The quantitative estimate of drug-likeness (QED) is 0.505. The number of aryl methyl sites for hydroxylation is 1. The van der Waals surface area contributed by atoms with E-state index in [-0.39, 0.29) is 5.75 Å². The van der Waals surface area contributed by atoms with Gasteiger partial charge in [-0.05, 0) is 19.3 Å². The second-order valence-corrected chi connectivity index (χ2v) is 5.36. The highest BCUT2D eigenvalue weighted by Gasteiger charge is 2.06. The van der Waals surface area contributed by atoms with E-state index in [0.717, 1.165) is 5.56 Å². The molecule has 6 heteroatoms. The van der Waals surface area contributed by atoms with Gasteiger partial charge in [-0.2, -0.15) is 8.42 Å². The summed E-state index contributed by atoms with van der Waals surface area (Å²) in [6, 6.07) is 5.00. The third-order valence-electron chi connectivity index (χ3n) is 2.40. The maximum Gasteiger partial charge on any atom is 0.264 e. The van der Waals surface area contributed by atoms with E-state index in [1.165, 1.54) is 0 Å². The lowest BCUT2D eigenvalue weighted by Crippen LogP contribution is -2.03. The Bertz CT molecular complexity index is 609. The lowest BCUT2D eigenvalue weighted by molar-refractivity contribution is 0.480. The molecule has 0 aliphatic heterocycles. The molecule has 0 aliphatic carbocycles. The third-order valence-corrected chi connectivity index (χ3v) is 3.20. The minimum absolute atomic E-state index is 0.247. The zero-order valence-corrected chi connectivity index (χ0v) is 10.4. The summed E-state index contributed by atoms with van der Waals surface area (Å²) < 4.78 is 29.6. The maximum atomic E-state index is 10.5. The molecule has 1 aromatic rings. The Morgan fingerprint density at radius 1 is 1.11 bits per heavy atom. The van der Waals surface area contributed by atoms with Gasteiger partial charge in [0.15, 0.2) is 11.4 Å². The Labute approximate surface area is 106 Å². The Balaban J connectivity index is 2.60. The van der Waals surface area contributed by atoms with Crippen LogP contribution in [-0.4, -0.2) is 18.7 Å². The molecule has 94 valence electrons. The third kappa shape index (κ3) is 4.54. The van der Waals surface area contributed by atoms with Crippen LogP contribution >= 0.6 is 0 Å². The van der Waals surface area contributed by atoms with Crippen LogP contribution in [0.3, 0.4) is 0 Å². The Morgan fingerprint density at radius 3 is 2.33 bits per heavy atom. The predicted molar refractivity (Wildman–Crippen MR) is 68.3 cm³/mol. The van der Waals surface area contributed by atoms with Gasteiger partial charge in [-0.15, -0.1) is 0 Å².